The average Bonchev–Trinajstić information content (AvgIpc) is 2.41. The number of amides is 1. The van der Waals surface area contributed by atoms with E-state index < -0.39 is 10.8 Å². The fraction of sp³-hybridized carbons (Fsp3) is 0.133. The number of nitrogens with two attached hydrogens (primary N) is 1. The molecular weight excluding hydrogens is 272 g/mol. The summed E-state index contributed by atoms with van der Waals surface area (Å²) in [5.41, 5.74) is 7.86. The first-order valence-corrected chi connectivity index (χ1v) is 7.47. The second-order valence-electron chi connectivity index (χ2n) is 4.48. The smallest absolute Gasteiger partial charge is 0.237 e. The van der Waals surface area contributed by atoms with Crippen molar-refractivity contribution < 1.29 is 9.00 Å². The van der Waals surface area contributed by atoms with Crippen LogP contribution in [0.25, 0.3) is 0 Å². The Morgan fingerprint density at radius 3 is 2.55 bits per heavy atom. The van der Waals surface area contributed by atoms with E-state index in [-0.39, 0.29) is 11.7 Å². The van der Waals surface area contributed by atoms with E-state index in [0.29, 0.717) is 16.3 Å². The molecule has 0 saturated carbocycles. The summed E-state index contributed by atoms with van der Waals surface area (Å²) >= 11 is 0. The molecule has 0 radical (unpaired) electrons. The van der Waals surface area contributed by atoms with E-state index in [2.05, 4.69) is 5.32 Å². The van der Waals surface area contributed by atoms with E-state index >= 15 is 0 Å². The van der Waals surface area contributed by atoms with Crippen LogP contribution in [0.2, 0.25) is 0 Å². The van der Waals surface area contributed by atoms with E-state index in [1.165, 1.54) is 0 Å². The van der Waals surface area contributed by atoms with Crippen molar-refractivity contribution in [2.75, 3.05) is 16.8 Å². The van der Waals surface area contributed by atoms with Crippen molar-refractivity contribution in [3.63, 3.8) is 0 Å². The summed E-state index contributed by atoms with van der Waals surface area (Å²) < 4.78 is 12.1. The van der Waals surface area contributed by atoms with Gasteiger partial charge in [0.15, 0.2) is 0 Å². The van der Waals surface area contributed by atoms with Crippen LogP contribution in [0.4, 0.5) is 11.4 Å². The molecule has 0 fully saturated rings. The monoisotopic (exact) mass is 288 g/mol. The molecule has 3 N–H and O–H groups in total. The Kier molecular flexibility index (Phi) is 4.53. The quantitative estimate of drug-likeness (QED) is 0.848. The van der Waals surface area contributed by atoms with Crippen LogP contribution in [0.5, 0.6) is 0 Å². The van der Waals surface area contributed by atoms with Crippen molar-refractivity contribution in [2.45, 2.75) is 11.8 Å². The summed E-state index contributed by atoms with van der Waals surface area (Å²) in [6.45, 7) is 1.93. The molecule has 2 rings (SSSR count). The molecule has 0 bridgehead atoms. The first kappa shape index (κ1) is 14.3. The predicted octanol–water partition coefficient (Wildman–Crippen LogP) is 2.32. The third kappa shape index (κ3) is 3.93. The number of carbonyl (C=O) groups is 1. The summed E-state index contributed by atoms with van der Waals surface area (Å²) in [6, 6.07) is 14.2. The number of aryl methyl sites for hydroxylation is 1. The maximum Gasteiger partial charge on any atom is 0.237 e. The van der Waals surface area contributed by atoms with E-state index in [9.17, 15) is 9.00 Å². The van der Waals surface area contributed by atoms with Crippen LogP contribution < -0.4 is 11.1 Å². The number of rotatable bonds is 4. The van der Waals surface area contributed by atoms with Gasteiger partial charge in [0, 0.05) is 16.3 Å². The van der Waals surface area contributed by atoms with Crippen LogP contribution in [0.3, 0.4) is 0 Å². The van der Waals surface area contributed by atoms with Crippen molar-refractivity contribution in [3.05, 3.63) is 54.1 Å². The minimum Gasteiger partial charge on any atom is -0.399 e. The van der Waals surface area contributed by atoms with Crippen molar-refractivity contribution in [1.82, 2.24) is 0 Å². The molecule has 0 aromatic heterocycles. The topological polar surface area (TPSA) is 72.2 Å². The van der Waals surface area contributed by atoms with Gasteiger partial charge in [-0.05, 0) is 48.9 Å². The van der Waals surface area contributed by atoms with Crippen molar-refractivity contribution in [2.24, 2.45) is 0 Å². The molecule has 5 heteroatoms. The molecule has 0 aliphatic rings. The highest BCUT2D eigenvalue weighted by atomic mass is 32.2. The maximum absolute atomic E-state index is 12.1. The van der Waals surface area contributed by atoms with E-state index in [1.54, 1.807) is 30.3 Å². The molecular formula is C15H16N2O2S. The number of hydrogen-bond acceptors (Lipinski definition) is 3. The summed E-state index contributed by atoms with van der Waals surface area (Å²) in [4.78, 5) is 12.5. The van der Waals surface area contributed by atoms with Crippen LogP contribution in [0.15, 0.2) is 53.4 Å². The van der Waals surface area contributed by atoms with Gasteiger partial charge in [0.1, 0.15) is 5.75 Å². The Morgan fingerprint density at radius 1 is 1.20 bits per heavy atom. The first-order valence-electron chi connectivity index (χ1n) is 6.15. The number of carbonyl (C=O) groups excluding carboxylic acids is 1. The average molecular weight is 288 g/mol. The molecule has 2 aromatic carbocycles. The number of nitrogen functional groups attached to an aromatic ring is 1. The number of hydrogen-bond donors (Lipinski definition) is 2. The highest BCUT2D eigenvalue weighted by Crippen LogP contribution is 2.12. The molecule has 1 amide bonds. The fourth-order valence-electron chi connectivity index (χ4n) is 1.72. The summed E-state index contributed by atoms with van der Waals surface area (Å²) in [7, 11) is -1.34. The SMILES string of the molecule is Cc1cccc(S(=O)CC(=O)Nc2ccc(N)cc2)c1. The second kappa shape index (κ2) is 6.34. The molecule has 0 aliphatic carbocycles. The second-order valence-corrected chi connectivity index (χ2v) is 5.93. The fourth-order valence-corrected chi connectivity index (χ4v) is 2.75. The molecule has 4 nitrogen and oxygen atoms in total. The van der Waals surface area contributed by atoms with E-state index in [1.807, 2.05) is 25.1 Å². The molecule has 20 heavy (non-hydrogen) atoms. The summed E-state index contributed by atoms with van der Waals surface area (Å²) in [5.74, 6) is -0.344. The minimum absolute atomic E-state index is 0.0617. The number of nitrogens with one attached hydrogen (secondary N) is 1. The predicted molar refractivity (Wildman–Crippen MR) is 81.9 cm³/mol. The van der Waals surface area contributed by atoms with Gasteiger partial charge in [-0.15, -0.1) is 0 Å². The van der Waals surface area contributed by atoms with Gasteiger partial charge < -0.3 is 11.1 Å². The van der Waals surface area contributed by atoms with Crippen molar-refractivity contribution in [3.8, 4) is 0 Å². The van der Waals surface area contributed by atoms with Crippen LogP contribution in [0, 0.1) is 6.92 Å². The third-order valence-electron chi connectivity index (χ3n) is 2.71. The maximum atomic E-state index is 12.1. The van der Waals surface area contributed by atoms with Gasteiger partial charge in [-0.2, -0.15) is 0 Å². The molecule has 0 heterocycles. The lowest BCUT2D eigenvalue weighted by molar-refractivity contribution is -0.113. The van der Waals surface area contributed by atoms with Crippen LogP contribution in [0.1, 0.15) is 5.56 Å². The number of anilines is 2. The third-order valence-corrected chi connectivity index (χ3v) is 4.01. The van der Waals surface area contributed by atoms with Gasteiger partial charge in [-0.1, -0.05) is 12.1 Å². The Hall–Kier alpha value is -2.14. The lowest BCUT2D eigenvalue weighted by atomic mass is 10.2. The zero-order valence-corrected chi connectivity index (χ0v) is 11.9. The standard InChI is InChI=1S/C15H16N2O2S/c1-11-3-2-4-14(9-11)20(19)10-15(18)17-13-7-5-12(16)6-8-13/h2-9H,10,16H2,1H3,(H,17,18). The van der Waals surface area contributed by atoms with Crippen molar-refractivity contribution in [1.29, 1.82) is 0 Å². The molecule has 0 aliphatic heterocycles. The summed E-state index contributed by atoms with van der Waals surface area (Å²) in [5, 5.41) is 2.70. The van der Waals surface area contributed by atoms with Gasteiger partial charge in [0.05, 0.1) is 10.8 Å². The molecule has 1 unspecified atom stereocenters. The zero-order valence-electron chi connectivity index (χ0n) is 11.1. The highest BCUT2D eigenvalue weighted by molar-refractivity contribution is 7.85. The van der Waals surface area contributed by atoms with Crippen molar-refractivity contribution >= 4 is 28.1 Å². The van der Waals surface area contributed by atoms with Gasteiger partial charge in [0.25, 0.3) is 0 Å². The minimum atomic E-state index is -1.34. The van der Waals surface area contributed by atoms with Gasteiger partial charge >= 0.3 is 0 Å². The Labute approximate surface area is 120 Å². The number of benzene rings is 2. The molecule has 104 valence electrons. The highest BCUT2D eigenvalue weighted by Gasteiger charge is 2.10. The van der Waals surface area contributed by atoms with Gasteiger partial charge in [0.2, 0.25) is 5.91 Å². The molecule has 1 atom stereocenters. The molecule has 0 saturated heterocycles. The van der Waals surface area contributed by atoms with Crippen LogP contribution >= 0.6 is 0 Å². The van der Waals surface area contributed by atoms with Crippen LogP contribution in [-0.2, 0) is 15.6 Å². The van der Waals surface area contributed by atoms with Crippen LogP contribution in [-0.4, -0.2) is 15.9 Å². The largest absolute Gasteiger partial charge is 0.399 e. The van der Waals surface area contributed by atoms with Gasteiger partial charge in [-0.25, -0.2) is 0 Å². The molecule has 0 spiro atoms. The van der Waals surface area contributed by atoms with E-state index in [4.69, 9.17) is 5.73 Å². The van der Waals surface area contributed by atoms with Gasteiger partial charge in [-0.3, -0.25) is 9.00 Å². The first-order chi connectivity index (χ1) is 9.54. The lowest BCUT2D eigenvalue weighted by Gasteiger charge is -2.06. The zero-order chi connectivity index (χ0) is 14.5. The Balaban J connectivity index is 1.97. The van der Waals surface area contributed by atoms with E-state index in [0.717, 1.165) is 5.56 Å². The normalized spacial score (nSPS) is 11.8. The molecule has 2 aromatic rings. The Morgan fingerprint density at radius 2 is 1.90 bits per heavy atom. The lowest BCUT2D eigenvalue weighted by Crippen LogP contribution is -2.19. The summed E-state index contributed by atoms with van der Waals surface area (Å²) in [6.07, 6.45) is 0. The Bertz CT molecular complexity index is 639.